The summed E-state index contributed by atoms with van der Waals surface area (Å²) in [5, 5.41) is 12.2. The van der Waals surface area contributed by atoms with E-state index in [0.717, 1.165) is 43.5 Å². The number of unbranched alkanes of at least 4 members (excludes halogenated alkanes) is 1. The Morgan fingerprint density at radius 2 is 2.00 bits per heavy atom. The maximum Gasteiger partial charge on any atom is 0.257 e. The van der Waals surface area contributed by atoms with Crippen molar-refractivity contribution in [1.82, 2.24) is 14.5 Å². The van der Waals surface area contributed by atoms with E-state index >= 15 is 0 Å². The van der Waals surface area contributed by atoms with E-state index in [2.05, 4.69) is 22.4 Å². The predicted octanol–water partition coefficient (Wildman–Crippen LogP) is 3.70. The molecular formula is C19H26N4O3S2. The summed E-state index contributed by atoms with van der Waals surface area (Å²) in [5.74, 6) is -0.325. The molecule has 1 amide bonds. The molecule has 7 nitrogen and oxygen atoms in total. The monoisotopic (exact) mass is 422 g/mol. The van der Waals surface area contributed by atoms with Crippen LogP contribution in [0.4, 0.5) is 5.13 Å². The van der Waals surface area contributed by atoms with Gasteiger partial charge in [0.2, 0.25) is 15.2 Å². The van der Waals surface area contributed by atoms with Gasteiger partial charge in [0.25, 0.3) is 5.91 Å². The van der Waals surface area contributed by atoms with E-state index < -0.39 is 10.0 Å². The third-order valence-electron chi connectivity index (χ3n) is 4.90. The number of aromatic nitrogens is 2. The molecule has 2 aromatic rings. The lowest BCUT2D eigenvalue weighted by Gasteiger charge is -2.32. The van der Waals surface area contributed by atoms with Crippen molar-refractivity contribution < 1.29 is 13.2 Å². The van der Waals surface area contributed by atoms with Gasteiger partial charge in [-0.1, -0.05) is 31.1 Å². The van der Waals surface area contributed by atoms with Gasteiger partial charge in [-0.2, -0.15) is 4.31 Å². The van der Waals surface area contributed by atoms with Gasteiger partial charge in [-0.25, -0.2) is 8.42 Å². The van der Waals surface area contributed by atoms with Gasteiger partial charge in [-0.05, 0) is 50.5 Å². The van der Waals surface area contributed by atoms with E-state index in [1.165, 1.54) is 35.6 Å². The number of hydrogen-bond donors (Lipinski definition) is 1. The summed E-state index contributed by atoms with van der Waals surface area (Å²) in [4.78, 5) is 12.6. The Morgan fingerprint density at radius 3 is 2.68 bits per heavy atom. The predicted molar refractivity (Wildman–Crippen MR) is 110 cm³/mol. The Labute approximate surface area is 170 Å². The van der Waals surface area contributed by atoms with E-state index in [1.54, 1.807) is 4.31 Å². The molecule has 2 heterocycles. The summed E-state index contributed by atoms with van der Waals surface area (Å²) in [6, 6.07) is 6.07. The first-order chi connectivity index (χ1) is 13.4. The summed E-state index contributed by atoms with van der Waals surface area (Å²) in [5.41, 5.74) is 0.385. The first-order valence-electron chi connectivity index (χ1n) is 9.67. The first-order valence-corrected chi connectivity index (χ1v) is 11.9. The van der Waals surface area contributed by atoms with Crippen molar-refractivity contribution in [2.75, 3.05) is 11.9 Å². The van der Waals surface area contributed by atoms with Crippen molar-refractivity contribution in [2.45, 2.75) is 63.3 Å². The zero-order chi connectivity index (χ0) is 20.1. The fourth-order valence-corrected chi connectivity index (χ4v) is 5.72. The summed E-state index contributed by atoms with van der Waals surface area (Å²) in [7, 11) is -3.54. The number of amides is 1. The van der Waals surface area contributed by atoms with E-state index in [0.29, 0.717) is 17.2 Å². The molecule has 1 aliphatic heterocycles. The van der Waals surface area contributed by atoms with Crippen molar-refractivity contribution in [3.63, 3.8) is 0 Å². The maximum atomic E-state index is 12.9. The molecule has 0 saturated carbocycles. The fraction of sp³-hybridized carbons (Fsp3) is 0.526. The maximum absolute atomic E-state index is 12.9. The molecule has 1 aromatic carbocycles. The van der Waals surface area contributed by atoms with Crippen LogP contribution < -0.4 is 5.32 Å². The number of aryl methyl sites for hydroxylation is 1. The standard InChI is InChI=1S/C19H26N4O3S2/c1-3-4-8-17-21-22-19(27-17)20-18(24)15-9-11-16(12-10-15)28(25,26)23-13-6-5-7-14(23)2/h9-12,14H,3-8,13H2,1-2H3,(H,20,22,24). The second kappa shape index (κ2) is 9.11. The van der Waals surface area contributed by atoms with Gasteiger partial charge in [-0.3, -0.25) is 10.1 Å². The molecule has 28 heavy (non-hydrogen) atoms. The second-order valence-electron chi connectivity index (χ2n) is 7.04. The molecule has 0 bridgehead atoms. The van der Waals surface area contributed by atoms with Gasteiger partial charge in [-0.15, -0.1) is 10.2 Å². The SMILES string of the molecule is CCCCc1nnc(NC(=O)c2ccc(S(=O)(=O)N3CCCCC3C)cc2)s1. The Kier molecular flexibility index (Phi) is 6.79. The lowest BCUT2D eigenvalue weighted by atomic mass is 10.1. The van der Waals surface area contributed by atoms with Crippen LogP contribution in [-0.4, -0.2) is 41.4 Å². The van der Waals surface area contributed by atoms with E-state index in [4.69, 9.17) is 0 Å². The van der Waals surface area contributed by atoms with Crippen LogP contribution in [0.3, 0.4) is 0 Å². The smallest absolute Gasteiger partial charge is 0.257 e. The molecule has 9 heteroatoms. The molecule has 152 valence electrons. The molecule has 0 aliphatic carbocycles. The number of rotatable bonds is 7. The normalized spacial score (nSPS) is 18.1. The zero-order valence-electron chi connectivity index (χ0n) is 16.2. The lowest BCUT2D eigenvalue weighted by Crippen LogP contribution is -2.41. The van der Waals surface area contributed by atoms with Gasteiger partial charge < -0.3 is 0 Å². The van der Waals surface area contributed by atoms with Crippen molar-refractivity contribution in [1.29, 1.82) is 0 Å². The highest BCUT2D eigenvalue weighted by atomic mass is 32.2. The van der Waals surface area contributed by atoms with Crippen molar-refractivity contribution in [3.05, 3.63) is 34.8 Å². The summed E-state index contributed by atoms with van der Waals surface area (Å²) in [6.07, 6.45) is 5.78. The molecule has 1 atom stereocenters. The van der Waals surface area contributed by atoms with Gasteiger partial charge >= 0.3 is 0 Å². The molecule has 0 radical (unpaired) electrons. The van der Waals surface area contributed by atoms with Gasteiger partial charge in [0.05, 0.1) is 4.90 Å². The Hall–Kier alpha value is -1.84. The van der Waals surface area contributed by atoms with Gasteiger partial charge in [0.15, 0.2) is 0 Å². The van der Waals surface area contributed by atoms with Crippen LogP contribution in [0.5, 0.6) is 0 Å². The molecule has 0 spiro atoms. The quantitative estimate of drug-likeness (QED) is 0.734. The average Bonchev–Trinajstić information content (AvgIpc) is 3.14. The number of hydrogen-bond acceptors (Lipinski definition) is 6. The third kappa shape index (κ3) is 4.76. The van der Waals surface area contributed by atoms with Crippen molar-refractivity contribution in [2.24, 2.45) is 0 Å². The van der Waals surface area contributed by atoms with Crippen LogP contribution in [-0.2, 0) is 16.4 Å². The Morgan fingerprint density at radius 1 is 1.25 bits per heavy atom. The molecular weight excluding hydrogens is 396 g/mol. The van der Waals surface area contributed by atoms with Crippen LogP contribution in [0.1, 0.15) is 61.3 Å². The van der Waals surface area contributed by atoms with Crippen LogP contribution in [0.15, 0.2) is 29.2 Å². The highest BCUT2D eigenvalue weighted by Crippen LogP contribution is 2.25. The van der Waals surface area contributed by atoms with E-state index in [9.17, 15) is 13.2 Å². The van der Waals surface area contributed by atoms with Crippen LogP contribution in [0.25, 0.3) is 0 Å². The molecule has 1 aliphatic rings. The van der Waals surface area contributed by atoms with Gasteiger partial charge in [0, 0.05) is 24.6 Å². The van der Waals surface area contributed by atoms with Crippen LogP contribution >= 0.6 is 11.3 Å². The van der Waals surface area contributed by atoms with Crippen LogP contribution in [0.2, 0.25) is 0 Å². The number of nitrogens with one attached hydrogen (secondary N) is 1. The molecule has 1 saturated heterocycles. The molecule has 1 aromatic heterocycles. The number of carbonyl (C=O) groups excluding carboxylic acids is 1. The zero-order valence-corrected chi connectivity index (χ0v) is 17.9. The summed E-state index contributed by atoms with van der Waals surface area (Å²) >= 11 is 1.37. The second-order valence-corrected chi connectivity index (χ2v) is 10.00. The number of benzene rings is 1. The highest BCUT2D eigenvalue weighted by molar-refractivity contribution is 7.89. The minimum Gasteiger partial charge on any atom is -0.296 e. The number of nitrogens with zero attached hydrogens (tertiary/aromatic N) is 3. The van der Waals surface area contributed by atoms with Gasteiger partial charge in [0.1, 0.15) is 5.01 Å². The molecule has 3 rings (SSSR count). The minimum atomic E-state index is -3.54. The first kappa shape index (κ1) is 20.9. The molecule has 1 unspecified atom stereocenters. The number of sulfonamides is 1. The Balaban J connectivity index is 1.68. The molecule has 1 N–H and O–H groups in total. The average molecular weight is 423 g/mol. The number of anilines is 1. The molecule has 1 fully saturated rings. The number of carbonyl (C=O) groups is 1. The number of piperidine rings is 1. The summed E-state index contributed by atoms with van der Waals surface area (Å²) in [6.45, 7) is 4.60. The van der Waals surface area contributed by atoms with Crippen molar-refractivity contribution >= 4 is 32.4 Å². The minimum absolute atomic E-state index is 0.000956. The largest absolute Gasteiger partial charge is 0.296 e. The summed E-state index contributed by atoms with van der Waals surface area (Å²) < 4.78 is 27.3. The van der Waals surface area contributed by atoms with E-state index in [1.807, 2.05) is 6.92 Å². The van der Waals surface area contributed by atoms with E-state index in [-0.39, 0.29) is 16.8 Å². The fourth-order valence-electron chi connectivity index (χ4n) is 3.24. The third-order valence-corrected chi connectivity index (χ3v) is 7.82. The van der Waals surface area contributed by atoms with Crippen LogP contribution in [0, 0.1) is 0 Å². The highest BCUT2D eigenvalue weighted by Gasteiger charge is 2.30. The van der Waals surface area contributed by atoms with Crippen molar-refractivity contribution in [3.8, 4) is 0 Å². The Bertz CT molecular complexity index is 910. The topological polar surface area (TPSA) is 92.3 Å². The lowest BCUT2D eigenvalue weighted by molar-refractivity contribution is 0.102.